The molecule has 1 atom stereocenters. The number of rotatable bonds is 12. The second kappa shape index (κ2) is 12.0. The Kier molecular flexibility index (Phi) is 8.86. The van der Waals surface area contributed by atoms with Gasteiger partial charge in [0, 0.05) is 13.1 Å². The van der Waals surface area contributed by atoms with Crippen LogP contribution < -0.4 is 9.47 Å². The van der Waals surface area contributed by atoms with Crippen LogP contribution in [0.1, 0.15) is 24.1 Å². The molecular formula is C28H32N2O5. The number of benzene rings is 2. The number of aliphatic hydroxyl groups excluding tert-OH is 1. The molecule has 1 aliphatic heterocycles. The van der Waals surface area contributed by atoms with Gasteiger partial charge in [-0.3, -0.25) is 9.59 Å². The summed E-state index contributed by atoms with van der Waals surface area (Å²) < 4.78 is 11.5. The normalized spacial score (nSPS) is 15.8. The maximum atomic E-state index is 13.3. The van der Waals surface area contributed by atoms with Gasteiger partial charge in [-0.15, -0.1) is 0 Å². The van der Waals surface area contributed by atoms with Crippen LogP contribution in [-0.4, -0.2) is 67.0 Å². The zero-order valence-electron chi connectivity index (χ0n) is 20.4. The van der Waals surface area contributed by atoms with Gasteiger partial charge >= 0.3 is 0 Å². The summed E-state index contributed by atoms with van der Waals surface area (Å²) in [4.78, 5) is 29.8. The van der Waals surface area contributed by atoms with Crippen LogP contribution in [0, 0.1) is 0 Å². The first-order valence-corrected chi connectivity index (χ1v) is 11.5. The summed E-state index contributed by atoms with van der Waals surface area (Å²) in [6, 6.07) is 13.9. The van der Waals surface area contributed by atoms with E-state index in [0.29, 0.717) is 43.4 Å². The molecule has 0 bridgehead atoms. The zero-order chi connectivity index (χ0) is 25.4. The van der Waals surface area contributed by atoms with Crippen molar-refractivity contribution >= 4 is 17.8 Å². The Labute approximate surface area is 206 Å². The Morgan fingerprint density at radius 2 is 1.89 bits per heavy atom. The largest absolute Gasteiger partial charge is 0.503 e. The van der Waals surface area contributed by atoms with E-state index in [2.05, 4.69) is 6.58 Å². The fraction of sp³-hybridized carbons (Fsp3) is 0.286. The summed E-state index contributed by atoms with van der Waals surface area (Å²) in [5.74, 6) is -0.503. The summed E-state index contributed by atoms with van der Waals surface area (Å²) in [7, 11) is 3.80. The van der Waals surface area contributed by atoms with Crippen molar-refractivity contribution in [3.8, 4) is 11.5 Å². The first-order valence-electron chi connectivity index (χ1n) is 11.5. The van der Waals surface area contributed by atoms with E-state index in [0.717, 1.165) is 5.56 Å². The molecule has 3 rings (SSSR count). The molecule has 0 aromatic heterocycles. The number of ketones is 1. The Morgan fingerprint density at radius 3 is 2.54 bits per heavy atom. The summed E-state index contributed by atoms with van der Waals surface area (Å²) >= 11 is 0. The molecule has 2 aromatic carbocycles. The minimum Gasteiger partial charge on any atom is -0.503 e. The SMILES string of the molecule is C=CCOc1ccc(C2C(C(=O)C=Cc3ccccc3)=C(O)C(=O)N2CCN(C)C)cc1OCC. The van der Waals surface area contributed by atoms with E-state index in [9.17, 15) is 14.7 Å². The highest BCUT2D eigenvalue weighted by Crippen LogP contribution is 2.41. The van der Waals surface area contributed by atoms with Crippen LogP contribution in [0.2, 0.25) is 0 Å². The van der Waals surface area contributed by atoms with Gasteiger partial charge in [0.25, 0.3) is 5.91 Å². The van der Waals surface area contributed by atoms with Crippen molar-refractivity contribution in [1.29, 1.82) is 0 Å². The Hall–Kier alpha value is -3.84. The van der Waals surface area contributed by atoms with Gasteiger partial charge in [-0.2, -0.15) is 0 Å². The first kappa shape index (κ1) is 25.8. The van der Waals surface area contributed by atoms with E-state index >= 15 is 0 Å². The standard InChI is InChI=1S/C28H32N2O5/c1-5-18-35-23-15-13-21(19-24(23)34-6-2)26-25(22(31)14-12-20-10-8-7-9-11-20)27(32)28(33)30(26)17-16-29(3)4/h5,7-15,19,26,32H,1,6,16-18H2,2-4H3. The predicted molar refractivity (Wildman–Crippen MR) is 136 cm³/mol. The van der Waals surface area contributed by atoms with Gasteiger partial charge in [-0.05, 0) is 50.4 Å². The molecule has 1 amide bonds. The Balaban J connectivity index is 2.03. The maximum Gasteiger partial charge on any atom is 0.290 e. The smallest absolute Gasteiger partial charge is 0.290 e. The second-order valence-electron chi connectivity index (χ2n) is 8.31. The molecule has 35 heavy (non-hydrogen) atoms. The molecule has 1 heterocycles. The van der Waals surface area contributed by atoms with E-state index in [1.807, 2.05) is 56.3 Å². The van der Waals surface area contributed by atoms with Crippen LogP contribution in [0.15, 0.2) is 78.6 Å². The third-order valence-corrected chi connectivity index (χ3v) is 5.52. The van der Waals surface area contributed by atoms with Gasteiger partial charge in [0.15, 0.2) is 23.0 Å². The number of carbonyl (C=O) groups is 2. The maximum absolute atomic E-state index is 13.3. The van der Waals surface area contributed by atoms with Crippen molar-refractivity contribution in [2.24, 2.45) is 0 Å². The summed E-state index contributed by atoms with van der Waals surface area (Å²) in [5.41, 5.74) is 1.53. The molecule has 1 unspecified atom stereocenters. The highest BCUT2D eigenvalue weighted by Gasteiger charge is 2.43. The third-order valence-electron chi connectivity index (χ3n) is 5.52. The van der Waals surface area contributed by atoms with Crippen molar-refractivity contribution in [2.45, 2.75) is 13.0 Å². The molecule has 1 aliphatic rings. The number of hydrogen-bond acceptors (Lipinski definition) is 6. The summed E-state index contributed by atoms with van der Waals surface area (Å²) in [6.45, 7) is 7.15. The fourth-order valence-corrected chi connectivity index (χ4v) is 3.85. The molecular weight excluding hydrogens is 444 g/mol. The van der Waals surface area contributed by atoms with Crippen LogP contribution in [0.5, 0.6) is 11.5 Å². The number of allylic oxidation sites excluding steroid dienone is 1. The third kappa shape index (κ3) is 6.19. The van der Waals surface area contributed by atoms with Crippen molar-refractivity contribution in [1.82, 2.24) is 9.80 Å². The van der Waals surface area contributed by atoms with Gasteiger partial charge in [-0.25, -0.2) is 0 Å². The molecule has 2 aromatic rings. The van der Waals surface area contributed by atoms with Gasteiger partial charge in [-0.1, -0.05) is 55.1 Å². The lowest BCUT2D eigenvalue weighted by atomic mass is 9.95. The van der Waals surface area contributed by atoms with E-state index in [-0.39, 0.29) is 5.57 Å². The number of amides is 1. The first-order chi connectivity index (χ1) is 16.9. The molecule has 1 N–H and O–H groups in total. The molecule has 7 heteroatoms. The van der Waals surface area contributed by atoms with E-state index in [1.165, 1.54) is 11.0 Å². The summed E-state index contributed by atoms with van der Waals surface area (Å²) in [5, 5.41) is 10.8. The highest BCUT2D eigenvalue weighted by molar-refractivity contribution is 6.14. The Bertz CT molecular complexity index is 1120. The topological polar surface area (TPSA) is 79.3 Å². The molecule has 7 nitrogen and oxygen atoms in total. The highest BCUT2D eigenvalue weighted by atomic mass is 16.5. The molecule has 0 spiro atoms. The van der Waals surface area contributed by atoms with Gasteiger partial charge in [0.1, 0.15) is 6.61 Å². The molecule has 0 fully saturated rings. The average molecular weight is 477 g/mol. The molecule has 0 radical (unpaired) electrons. The van der Waals surface area contributed by atoms with Crippen molar-refractivity contribution < 1.29 is 24.2 Å². The number of nitrogens with zero attached hydrogens (tertiary/aromatic N) is 2. The molecule has 0 saturated carbocycles. The van der Waals surface area contributed by atoms with Gasteiger partial charge in [0.05, 0.1) is 18.2 Å². The van der Waals surface area contributed by atoms with E-state index in [4.69, 9.17) is 9.47 Å². The van der Waals surface area contributed by atoms with Crippen LogP contribution in [0.3, 0.4) is 0 Å². The Morgan fingerprint density at radius 1 is 1.14 bits per heavy atom. The van der Waals surface area contributed by atoms with E-state index < -0.39 is 23.5 Å². The van der Waals surface area contributed by atoms with Crippen LogP contribution in [-0.2, 0) is 9.59 Å². The van der Waals surface area contributed by atoms with Crippen LogP contribution in [0.4, 0.5) is 0 Å². The minimum absolute atomic E-state index is 0.0446. The van der Waals surface area contributed by atoms with Crippen molar-refractivity contribution in [2.75, 3.05) is 40.4 Å². The quantitative estimate of drug-likeness (QED) is 0.366. The number of carbonyl (C=O) groups excluding carboxylic acids is 2. The second-order valence-corrected chi connectivity index (χ2v) is 8.31. The molecule has 184 valence electrons. The average Bonchev–Trinajstić information content (AvgIpc) is 3.11. The number of likely N-dealkylation sites (N-methyl/N-ethyl adjacent to an activating group) is 1. The minimum atomic E-state index is -0.761. The molecule has 0 saturated heterocycles. The van der Waals surface area contributed by atoms with Crippen LogP contribution in [0.25, 0.3) is 6.08 Å². The monoisotopic (exact) mass is 476 g/mol. The summed E-state index contributed by atoms with van der Waals surface area (Å²) in [6.07, 6.45) is 4.70. The number of ether oxygens (including phenoxy) is 2. The fourth-order valence-electron chi connectivity index (χ4n) is 3.85. The van der Waals surface area contributed by atoms with Gasteiger partial charge in [0.2, 0.25) is 0 Å². The lowest BCUT2D eigenvalue weighted by molar-refractivity contribution is -0.129. The predicted octanol–water partition coefficient (Wildman–Crippen LogP) is 4.19. The van der Waals surface area contributed by atoms with Gasteiger partial charge < -0.3 is 24.4 Å². The number of hydrogen-bond donors (Lipinski definition) is 1. The van der Waals surface area contributed by atoms with Crippen molar-refractivity contribution in [3.63, 3.8) is 0 Å². The lowest BCUT2D eigenvalue weighted by Crippen LogP contribution is -2.36. The zero-order valence-corrected chi connectivity index (χ0v) is 20.4. The number of aliphatic hydroxyl groups is 1. The lowest BCUT2D eigenvalue weighted by Gasteiger charge is -2.28. The molecule has 0 aliphatic carbocycles. The van der Waals surface area contributed by atoms with Crippen molar-refractivity contribution in [3.05, 3.63) is 89.7 Å². The van der Waals surface area contributed by atoms with Crippen LogP contribution >= 0.6 is 0 Å². The van der Waals surface area contributed by atoms with E-state index in [1.54, 1.807) is 30.4 Å².